The summed E-state index contributed by atoms with van der Waals surface area (Å²) in [5.74, 6) is -3.52. The van der Waals surface area contributed by atoms with Crippen LogP contribution in [0.5, 0.6) is 0 Å². The van der Waals surface area contributed by atoms with E-state index < -0.39 is 24.5 Å². The lowest BCUT2D eigenvalue weighted by Crippen LogP contribution is -2.20. The van der Waals surface area contributed by atoms with Crippen molar-refractivity contribution in [3.63, 3.8) is 0 Å². The lowest BCUT2D eigenvalue weighted by atomic mass is 9.99. The molecule has 0 aliphatic rings. The monoisotopic (exact) mass is 224 g/mol. The number of carbonyl (C=O) groups excluding carboxylic acids is 1. The Morgan fingerprint density at radius 3 is 2.62 bits per heavy atom. The van der Waals surface area contributed by atoms with Crippen molar-refractivity contribution in [3.05, 3.63) is 48.0 Å². The standard InChI is InChI=1S/C13H14F2O/c1-3-8-13(14,15)9-12(16)11-7-5-4-6-10(11)2/h3-7H,1,8-9H2,2H3. The Balaban J connectivity index is 2.80. The van der Waals surface area contributed by atoms with Crippen molar-refractivity contribution < 1.29 is 13.6 Å². The molecule has 0 unspecified atom stereocenters. The molecule has 0 aliphatic carbocycles. The molecular weight excluding hydrogens is 210 g/mol. The molecule has 0 bridgehead atoms. The summed E-state index contributed by atoms with van der Waals surface area (Å²) in [5.41, 5.74) is 1.09. The molecule has 0 aliphatic heterocycles. The van der Waals surface area contributed by atoms with Crippen LogP contribution in [0, 0.1) is 6.92 Å². The van der Waals surface area contributed by atoms with Crippen LogP contribution >= 0.6 is 0 Å². The molecule has 0 heterocycles. The Morgan fingerprint density at radius 1 is 1.44 bits per heavy atom. The zero-order valence-corrected chi connectivity index (χ0v) is 9.17. The van der Waals surface area contributed by atoms with E-state index in [1.165, 1.54) is 0 Å². The van der Waals surface area contributed by atoms with Gasteiger partial charge in [0.2, 0.25) is 0 Å². The topological polar surface area (TPSA) is 17.1 Å². The highest BCUT2D eigenvalue weighted by molar-refractivity contribution is 5.97. The van der Waals surface area contributed by atoms with Gasteiger partial charge in [-0.15, -0.1) is 6.58 Å². The first-order valence-electron chi connectivity index (χ1n) is 5.04. The summed E-state index contributed by atoms with van der Waals surface area (Å²) in [7, 11) is 0. The van der Waals surface area contributed by atoms with Gasteiger partial charge in [0, 0.05) is 12.0 Å². The number of aryl methyl sites for hydroxylation is 1. The van der Waals surface area contributed by atoms with Crippen molar-refractivity contribution in [1.29, 1.82) is 0 Å². The first-order chi connectivity index (χ1) is 7.46. The summed E-state index contributed by atoms with van der Waals surface area (Å²) in [4.78, 5) is 11.6. The molecule has 0 saturated carbocycles. The molecule has 3 heteroatoms. The zero-order chi connectivity index (χ0) is 12.2. The van der Waals surface area contributed by atoms with E-state index in [9.17, 15) is 13.6 Å². The van der Waals surface area contributed by atoms with Gasteiger partial charge in [-0.2, -0.15) is 0 Å². The number of Topliss-reactive ketones (excluding diaryl/α,β-unsaturated/α-hetero) is 1. The summed E-state index contributed by atoms with van der Waals surface area (Å²) in [6, 6.07) is 6.75. The Hall–Kier alpha value is -1.51. The molecule has 0 N–H and O–H groups in total. The van der Waals surface area contributed by atoms with Crippen molar-refractivity contribution in [3.8, 4) is 0 Å². The zero-order valence-electron chi connectivity index (χ0n) is 9.17. The highest BCUT2D eigenvalue weighted by atomic mass is 19.3. The second-order valence-electron chi connectivity index (χ2n) is 3.76. The molecule has 16 heavy (non-hydrogen) atoms. The molecule has 0 spiro atoms. The van der Waals surface area contributed by atoms with E-state index in [4.69, 9.17) is 0 Å². The number of benzene rings is 1. The highest BCUT2D eigenvalue weighted by Crippen LogP contribution is 2.25. The largest absolute Gasteiger partial charge is 0.294 e. The lowest BCUT2D eigenvalue weighted by Gasteiger charge is -2.13. The fraction of sp³-hybridized carbons (Fsp3) is 0.308. The maximum absolute atomic E-state index is 13.2. The molecule has 0 radical (unpaired) electrons. The van der Waals surface area contributed by atoms with Gasteiger partial charge in [0.15, 0.2) is 5.78 Å². The number of halogens is 2. The van der Waals surface area contributed by atoms with E-state index in [1.54, 1.807) is 31.2 Å². The van der Waals surface area contributed by atoms with Gasteiger partial charge in [0.25, 0.3) is 5.92 Å². The van der Waals surface area contributed by atoms with Crippen LogP contribution in [0.2, 0.25) is 0 Å². The van der Waals surface area contributed by atoms with Crippen LogP contribution < -0.4 is 0 Å². The average Bonchev–Trinajstić information content (AvgIpc) is 2.17. The third kappa shape index (κ3) is 3.26. The highest BCUT2D eigenvalue weighted by Gasteiger charge is 2.31. The number of rotatable bonds is 5. The van der Waals surface area contributed by atoms with E-state index in [-0.39, 0.29) is 0 Å². The van der Waals surface area contributed by atoms with E-state index in [0.717, 1.165) is 11.6 Å². The molecule has 0 amide bonds. The van der Waals surface area contributed by atoms with Gasteiger partial charge in [-0.05, 0) is 12.5 Å². The van der Waals surface area contributed by atoms with Gasteiger partial charge in [0.05, 0.1) is 6.42 Å². The van der Waals surface area contributed by atoms with Crippen molar-refractivity contribution in [2.75, 3.05) is 0 Å². The van der Waals surface area contributed by atoms with E-state index in [2.05, 4.69) is 6.58 Å². The summed E-state index contributed by atoms with van der Waals surface area (Å²) < 4.78 is 26.4. The fourth-order valence-electron chi connectivity index (χ4n) is 1.50. The Labute approximate surface area is 93.8 Å². The molecule has 0 aromatic heterocycles. The number of carbonyl (C=O) groups is 1. The number of hydrogen-bond donors (Lipinski definition) is 0. The van der Waals surface area contributed by atoms with Crippen LogP contribution in [0.4, 0.5) is 8.78 Å². The molecule has 1 aromatic rings. The molecule has 0 saturated heterocycles. The van der Waals surface area contributed by atoms with Crippen molar-refractivity contribution >= 4 is 5.78 Å². The first-order valence-corrected chi connectivity index (χ1v) is 5.04. The van der Waals surface area contributed by atoms with Crippen LogP contribution in [0.15, 0.2) is 36.9 Å². The molecule has 1 aromatic carbocycles. The Kier molecular flexibility index (Phi) is 3.93. The van der Waals surface area contributed by atoms with Gasteiger partial charge >= 0.3 is 0 Å². The third-order valence-electron chi connectivity index (χ3n) is 2.31. The van der Waals surface area contributed by atoms with Crippen LogP contribution in [-0.2, 0) is 0 Å². The summed E-state index contributed by atoms with van der Waals surface area (Å²) >= 11 is 0. The Morgan fingerprint density at radius 2 is 2.06 bits per heavy atom. The Bertz CT molecular complexity index is 397. The van der Waals surface area contributed by atoms with E-state index in [0.29, 0.717) is 5.56 Å². The predicted molar refractivity (Wildman–Crippen MR) is 59.9 cm³/mol. The summed E-state index contributed by atoms with van der Waals surface area (Å²) in [5, 5.41) is 0. The number of hydrogen-bond acceptors (Lipinski definition) is 1. The minimum atomic E-state index is -3.00. The SMILES string of the molecule is C=CCC(F)(F)CC(=O)c1ccccc1C. The second-order valence-corrected chi connectivity index (χ2v) is 3.76. The van der Waals surface area contributed by atoms with Gasteiger partial charge in [0.1, 0.15) is 0 Å². The van der Waals surface area contributed by atoms with Gasteiger partial charge < -0.3 is 0 Å². The lowest BCUT2D eigenvalue weighted by molar-refractivity contribution is 0.000356. The van der Waals surface area contributed by atoms with Crippen molar-refractivity contribution in [2.24, 2.45) is 0 Å². The van der Waals surface area contributed by atoms with Crippen LogP contribution in [0.3, 0.4) is 0 Å². The predicted octanol–water partition coefficient (Wildman–Crippen LogP) is 3.78. The first kappa shape index (κ1) is 12.6. The van der Waals surface area contributed by atoms with Crippen molar-refractivity contribution in [2.45, 2.75) is 25.7 Å². The molecule has 1 rings (SSSR count). The smallest absolute Gasteiger partial charge is 0.258 e. The minimum absolute atomic E-state index is 0.367. The van der Waals surface area contributed by atoms with Gasteiger partial charge in [-0.25, -0.2) is 8.78 Å². The minimum Gasteiger partial charge on any atom is -0.294 e. The van der Waals surface area contributed by atoms with E-state index in [1.807, 2.05) is 0 Å². The van der Waals surface area contributed by atoms with Crippen LogP contribution in [0.1, 0.15) is 28.8 Å². The number of alkyl halides is 2. The van der Waals surface area contributed by atoms with Gasteiger partial charge in [-0.3, -0.25) is 4.79 Å². The van der Waals surface area contributed by atoms with Gasteiger partial charge in [-0.1, -0.05) is 30.3 Å². The summed E-state index contributed by atoms with van der Waals surface area (Å²) in [6.45, 7) is 4.99. The maximum atomic E-state index is 13.2. The van der Waals surface area contributed by atoms with E-state index >= 15 is 0 Å². The second kappa shape index (κ2) is 5.01. The quantitative estimate of drug-likeness (QED) is 0.549. The normalized spacial score (nSPS) is 11.2. The van der Waals surface area contributed by atoms with Crippen LogP contribution in [-0.4, -0.2) is 11.7 Å². The molecule has 86 valence electrons. The third-order valence-corrected chi connectivity index (χ3v) is 2.31. The molecular formula is C13H14F2O. The van der Waals surface area contributed by atoms with Crippen molar-refractivity contribution in [1.82, 2.24) is 0 Å². The number of allylic oxidation sites excluding steroid dienone is 1. The maximum Gasteiger partial charge on any atom is 0.258 e. The molecule has 1 nitrogen and oxygen atoms in total. The average molecular weight is 224 g/mol. The molecule has 0 fully saturated rings. The summed E-state index contributed by atoms with van der Waals surface area (Å²) in [6.07, 6.45) is -0.0976. The fourth-order valence-corrected chi connectivity index (χ4v) is 1.50. The van der Waals surface area contributed by atoms with Crippen LogP contribution in [0.25, 0.3) is 0 Å². The number of ketones is 1. The molecule has 0 atom stereocenters.